The van der Waals surface area contributed by atoms with Crippen molar-refractivity contribution in [2.24, 2.45) is 0 Å². The largest absolute Gasteiger partial charge is 0.398 e. The van der Waals surface area contributed by atoms with Crippen molar-refractivity contribution >= 4 is 11.6 Å². The number of nitrogens with two attached hydrogens (primary N) is 1. The zero-order chi connectivity index (χ0) is 12.1. The predicted molar refractivity (Wildman–Crippen MR) is 67.4 cm³/mol. The summed E-state index contributed by atoms with van der Waals surface area (Å²) in [6, 6.07) is 5.44. The van der Waals surface area contributed by atoms with E-state index >= 15 is 0 Å². The molecule has 3 N–H and O–H groups in total. The normalized spacial score (nSPS) is 9.69. The van der Waals surface area contributed by atoms with E-state index in [-0.39, 0.29) is 5.91 Å². The van der Waals surface area contributed by atoms with Gasteiger partial charge in [0.05, 0.1) is 5.56 Å². The van der Waals surface area contributed by atoms with Gasteiger partial charge in [0, 0.05) is 12.2 Å². The number of aryl methyl sites for hydroxylation is 1. The molecule has 0 unspecified atom stereocenters. The molecule has 0 aromatic heterocycles. The number of rotatable bonds is 3. The molecule has 0 atom stereocenters. The van der Waals surface area contributed by atoms with E-state index in [9.17, 15) is 4.79 Å². The Morgan fingerprint density at radius 1 is 1.44 bits per heavy atom. The third kappa shape index (κ3) is 3.42. The Kier molecular flexibility index (Phi) is 4.11. The van der Waals surface area contributed by atoms with Crippen molar-refractivity contribution in [1.29, 1.82) is 0 Å². The first-order valence-electron chi connectivity index (χ1n) is 5.28. The van der Waals surface area contributed by atoms with Crippen molar-refractivity contribution in [2.45, 2.75) is 20.8 Å². The van der Waals surface area contributed by atoms with Gasteiger partial charge in [0.1, 0.15) is 0 Å². The van der Waals surface area contributed by atoms with Gasteiger partial charge in [0.25, 0.3) is 5.91 Å². The number of amides is 1. The maximum absolute atomic E-state index is 11.8. The Morgan fingerprint density at radius 3 is 2.75 bits per heavy atom. The van der Waals surface area contributed by atoms with Crippen molar-refractivity contribution in [1.82, 2.24) is 5.32 Å². The molecule has 1 rings (SSSR count). The van der Waals surface area contributed by atoms with Crippen LogP contribution in [-0.4, -0.2) is 12.5 Å². The number of hydrogen-bond acceptors (Lipinski definition) is 2. The highest BCUT2D eigenvalue weighted by atomic mass is 16.1. The van der Waals surface area contributed by atoms with Crippen LogP contribution in [0.3, 0.4) is 0 Å². The fourth-order valence-corrected chi connectivity index (χ4v) is 1.31. The molecule has 0 bridgehead atoms. The second-order valence-corrected chi connectivity index (χ2v) is 4.08. The highest BCUT2D eigenvalue weighted by Gasteiger charge is 2.08. The molecule has 16 heavy (non-hydrogen) atoms. The lowest BCUT2D eigenvalue weighted by molar-refractivity contribution is 0.0959. The van der Waals surface area contributed by atoms with E-state index in [0.29, 0.717) is 17.8 Å². The number of hydrogen-bond donors (Lipinski definition) is 2. The molecule has 0 spiro atoms. The molecule has 1 amide bonds. The monoisotopic (exact) mass is 218 g/mol. The molecule has 0 aliphatic rings. The second-order valence-electron chi connectivity index (χ2n) is 4.08. The zero-order valence-corrected chi connectivity index (χ0v) is 10.0. The lowest BCUT2D eigenvalue weighted by Gasteiger charge is -2.06. The Labute approximate surface area is 96.3 Å². The minimum atomic E-state index is -0.126. The molecule has 0 saturated heterocycles. The van der Waals surface area contributed by atoms with E-state index < -0.39 is 0 Å². The summed E-state index contributed by atoms with van der Waals surface area (Å²) in [7, 11) is 0. The van der Waals surface area contributed by atoms with Crippen LogP contribution in [0.25, 0.3) is 0 Å². The number of carbonyl (C=O) groups is 1. The van der Waals surface area contributed by atoms with Gasteiger partial charge in [-0.15, -0.1) is 0 Å². The van der Waals surface area contributed by atoms with E-state index in [1.54, 1.807) is 12.1 Å². The molecule has 0 fully saturated rings. The van der Waals surface area contributed by atoms with Gasteiger partial charge < -0.3 is 11.1 Å². The van der Waals surface area contributed by atoms with E-state index in [4.69, 9.17) is 5.73 Å². The number of nitrogen functional groups attached to an aromatic ring is 1. The number of benzene rings is 1. The van der Waals surface area contributed by atoms with Gasteiger partial charge in [0.15, 0.2) is 0 Å². The minimum Gasteiger partial charge on any atom is -0.398 e. The summed E-state index contributed by atoms with van der Waals surface area (Å²) in [4.78, 5) is 11.8. The number of anilines is 1. The summed E-state index contributed by atoms with van der Waals surface area (Å²) >= 11 is 0. The van der Waals surface area contributed by atoms with Gasteiger partial charge in [-0.05, 0) is 32.9 Å². The Hall–Kier alpha value is -1.77. The number of allylic oxidation sites excluding steroid dienone is 1. The van der Waals surface area contributed by atoms with Crippen molar-refractivity contribution in [3.63, 3.8) is 0 Å². The summed E-state index contributed by atoms with van der Waals surface area (Å²) in [5.41, 5.74) is 9.01. The highest BCUT2D eigenvalue weighted by Crippen LogP contribution is 2.13. The molecular formula is C13H18N2O. The fraction of sp³-hybridized carbons (Fsp3) is 0.308. The van der Waals surface area contributed by atoms with Crippen LogP contribution in [0.2, 0.25) is 0 Å². The average molecular weight is 218 g/mol. The molecule has 3 heteroatoms. The van der Waals surface area contributed by atoms with Crippen molar-refractivity contribution in [3.8, 4) is 0 Å². The van der Waals surface area contributed by atoms with Crippen LogP contribution >= 0.6 is 0 Å². The van der Waals surface area contributed by atoms with E-state index in [1.165, 1.54) is 5.57 Å². The van der Waals surface area contributed by atoms with Gasteiger partial charge in [-0.3, -0.25) is 4.79 Å². The summed E-state index contributed by atoms with van der Waals surface area (Å²) in [6.07, 6.45) is 1.96. The van der Waals surface area contributed by atoms with Crippen LogP contribution in [0.4, 0.5) is 5.69 Å². The molecule has 0 aliphatic heterocycles. The Morgan fingerprint density at radius 2 is 2.12 bits per heavy atom. The van der Waals surface area contributed by atoms with Gasteiger partial charge in [-0.25, -0.2) is 0 Å². The minimum absolute atomic E-state index is 0.126. The fourth-order valence-electron chi connectivity index (χ4n) is 1.31. The molecule has 1 aromatic carbocycles. The van der Waals surface area contributed by atoms with E-state index in [0.717, 1.165) is 5.56 Å². The summed E-state index contributed by atoms with van der Waals surface area (Å²) in [5.74, 6) is -0.126. The molecule has 3 nitrogen and oxygen atoms in total. The van der Waals surface area contributed by atoms with Crippen molar-refractivity contribution in [2.75, 3.05) is 12.3 Å². The third-order valence-corrected chi connectivity index (χ3v) is 2.23. The second kappa shape index (κ2) is 5.35. The Balaban J connectivity index is 2.73. The van der Waals surface area contributed by atoms with E-state index in [1.807, 2.05) is 32.9 Å². The molecule has 0 heterocycles. The van der Waals surface area contributed by atoms with Crippen LogP contribution in [0.15, 0.2) is 29.8 Å². The molecule has 0 radical (unpaired) electrons. The first-order chi connectivity index (χ1) is 7.50. The van der Waals surface area contributed by atoms with Crippen LogP contribution < -0.4 is 11.1 Å². The molecular weight excluding hydrogens is 200 g/mol. The first-order valence-corrected chi connectivity index (χ1v) is 5.28. The SMILES string of the molecule is CC(C)=CCNC(=O)c1cc(C)ccc1N. The number of nitrogens with one attached hydrogen (secondary N) is 1. The van der Waals surface area contributed by atoms with Crippen LogP contribution in [0.5, 0.6) is 0 Å². The van der Waals surface area contributed by atoms with Crippen LogP contribution in [0.1, 0.15) is 29.8 Å². The quantitative estimate of drug-likeness (QED) is 0.604. The van der Waals surface area contributed by atoms with Gasteiger partial charge >= 0.3 is 0 Å². The van der Waals surface area contributed by atoms with Gasteiger partial charge in [0.2, 0.25) is 0 Å². The third-order valence-electron chi connectivity index (χ3n) is 2.23. The highest BCUT2D eigenvalue weighted by molar-refractivity contribution is 5.99. The van der Waals surface area contributed by atoms with Crippen LogP contribution in [-0.2, 0) is 0 Å². The van der Waals surface area contributed by atoms with Crippen LogP contribution in [0, 0.1) is 6.92 Å². The summed E-state index contributed by atoms with van der Waals surface area (Å²) in [5, 5.41) is 2.80. The lowest BCUT2D eigenvalue weighted by Crippen LogP contribution is -2.24. The summed E-state index contributed by atoms with van der Waals surface area (Å²) in [6.45, 7) is 6.46. The van der Waals surface area contributed by atoms with Crippen molar-refractivity contribution < 1.29 is 4.79 Å². The smallest absolute Gasteiger partial charge is 0.253 e. The maximum Gasteiger partial charge on any atom is 0.253 e. The summed E-state index contributed by atoms with van der Waals surface area (Å²) < 4.78 is 0. The topological polar surface area (TPSA) is 55.1 Å². The van der Waals surface area contributed by atoms with Gasteiger partial charge in [-0.1, -0.05) is 23.3 Å². The zero-order valence-electron chi connectivity index (χ0n) is 10.0. The Bertz CT molecular complexity index is 418. The molecule has 0 saturated carbocycles. The van der Waals surface area contributed by atoms with E-state index in [2.05, 4.69) is 5.32 Å². The molecule has 1 aromatic rings. The van der Waals surface area contributed by atoms with Crippen molar-refractivity contribution in [3.05, 3.63) is 41.0 Å². The lowest BCUT2D eigenvalue weighted by atomic mass is 10.1. The first kappa shape index (κ1) is 12.3. The maximum atomic E-state index is 11.8. The molecule has 0 aliphatic carbocycles. The predicted octanol–water partition coefficient (Wildman–Crippen LogP) is 2.27. The molecule has 86 valence electrons. The average Bonchev–Trinajstić information content (AvgIpc) is 2.21. The standard InChI is InChI=1S/C13H18N2O/c1-9(2)6-7-15-13(16)11-8-10(3)4-5-12(11)14/h4-6,8H,7,14H2,1-3H3,(H,15,16). The van der Waals surface area contributed by atoms with Gasteiger partial charge in [-0.2, -0.15) is 0 Å². The number of carbonyl (C=O) groups excluding carboxylic acids is 1.